The number of aryl methyl sites for hydroxylation is 1. The molecule has 5 rings (SSSR count). The number of carbonyl (C=O) groups excluding carboxylic acids is 1. The number of carbonyl (C=O) groups is 1. The molecule has 0 spiro atoms. The molecule has 0 atom stereocenters. The number of esters is 1. The molecule has 5 aromatic rings. The minimum Gasteiger partial charge on any atom is -0.423 e. The third kappa shape index (κ3) is 4.06. The van der Waals surface area contributed by atoms with Gasteiger partial charge in [0.25, 0.3) is 0 Å². The molecule has 0 bridgehead atoms. The van der Waals surface area contributed by atoms with Crippen LogP contribution in [-0.2, 0) is 0 Å². The first-order valence-electron chi connectivity index (χ1n) is 10.8. The Balaban J connectivity index is 1.70. The van der Waals surface area contributed by atoms with Gasteiger partial charge in [-0.25, -0.2) is 9.48 Å². The monoisotopic (exact) mass is 430 g/mol. The van der Waals surface area contributed by atoms with Gasteiger partial charge in [-0.2, -0.15) is 5.10 Å². The summed E-state index contributed by atoms with van der Waals surface area (Å²) in [5.41, 5.74) is 5.92. The maximum Gasteiger partial charge on any atom is 0.344 e. The topological polar surface area (TPSA) is 44.1 Å². The van der Waals surface area contributed by atoms with Crippen molar-refractivity contribution in [3.8, 4) is 33.8 Å². The Morgan fingerprint density at radius 1 is 0.727 bits per heavy atom. The minimum absolute atomic E-state index is 0.400. The zero-order chi connectivity index (χ0) is 22.6. The first kappa shape index (κ1) is 20.5. The molecule has 0 amide bonds. The lowest BCUT2D eigenvalue weighted by Crippen LogP contribution is -2.10. The van der Waals surface area contributed by atoms with Crippen LogP contribution >= 0.6 is 0 Å². The number of benzene rings is 4. The summed E-state index contributed by atoms with van der Waals surface area (Å²) in [6, 6.07) is 36.8. The lowest BCUT2D eigenvalue weighted by atomic mass is 9.95. The first-order chi connectivity index (χ1) is 16.2. The Kier molecular flexibility index (Phi) is 5.56. The van der Waals surface area contributed by atoms with Crippen LogP contribution in [0.2, 0.25) is 0 Å². The van der Waals surface area contributed by atoms with E-state index in [-0.39, 0.29) is 0 Å². The highest BCUT2D eigenvalue weighted by Crippen LogP contribution is 2.38. The summed E-state index contributed by atoms with van der Waals surface area (Å²) in [6.07, 6.45) is 0. The zero-order valence-corrected chi connectivity index (χ0v) is 18.2. The summed E-state index contributed by atoms with van der Waals surface area (Å²) in [5.74, 6) is 0.111. The van der Waals surface area contributed by atoms with Crippen LogP contribution in [0.4, 0.5) is 0 Å². The molecule has 4 aromatic carbocycles. The van der Waals surface area contributed by atoms with Gasteiger partial charge in [0.1, 0.15) is 5.75 Å². The molecule has 160 valence electrons. The molecule has 0 unspecified atom stereocenters. The highest BCUT2D eigenvalue weighted by atomic mass is 16.5. The largest absolute Gasteiger partial charge is 0.423 e. The van der Waals surface area contributed by atoms with Crippen LogP contribution in [-0.4, -0.2) is 15.7 Å². The van der Waals surface area contributed by atoms with Crippen molar-refractivity contribution < 1.29 is 9.53 Å². The van der Waals surface area contributed by atoms with Crippen molar-refractivity contribution in [1.82, 2.24) is 9.78 Å². The third-order valence-corrected chi connectivity index (χ3v) is 5.48. The standard InChI is InChI=1S/C29H22N2O2/c1-21-27(25-19-11-12-20-26(25)29(32)33-24-17-9-4-10-18-24)28(22-13-5-2-6-14-22)31(30-21)23-15-7-3-8-16-23/h2-20H,1H3. The SMILES string of the molecule is Cc1nn(-c2ccccc2)c(-c2ccccc2)c1-c1ccccc1C(=O)Oc1ccccc1. The number of nitrogens with zero attached hydrogens (tertiary/aromatic N) is 2. The lowest BCUT2D eigenvalue weighted by molar-refractivity contribution is 0.0735. The molecule has 1 heterocycles. The number of aromatic nitrogens is 2. The fourth-order valence-electron chi connectivity index (χ4n) is 4.00. The Labute approximate surface area is 192 Å². The van der Waals surface area contributed by atoms with Gasteiger partial charge < -0.3 is 4.74 Å². The van der Waals surface area contributed by atoms with Gasteiger partial charge in [0, 0.05) is 16.7 Å². The summed E-state index contributed by atoms with van der Waals surface area (Å²) in [4.78, 5) is 13.2. The molecule has 4 nitrogen and oxygen atoms in total. The Morgan fingerprint density at radius 3 is 2.00 bits per heavy atom. The second-order valence-corrected chi connectivity index (χ2v) is 7.67. The molecule has 0 radical (unpaired) electrons. The van der Waals surface area contributed by atoms with Crippen molar-refractivity contribution in [2.45, 2.75) is 6.92 Å². The molecular formula is C29H22N2O2. The van der Waals surface area contributed by atoms with Crippen molar-refractivity contribution in [3.63, 3.8) is 0 Å². The summed E-state index contributed by atoms with van der Waals surface area (Å²) in [6.45, 7) is 1.97. The molecule has 1 aromatic heterocycles. The van der Waals surface area contributed by atoms with Crippen molar-refractivity contribution in [3.05, 3.63) is 127 Å². The van der Waals surface area contributed by atoms with E-state index in [1.54, 1.807) is 18.2 Å². The maximum absolute atomic E-state index is 13.2. The smallest absolute Gasteiger partial charge is 0.344 e. The summed E-state index contributed by atoms with van der Waals surface area (Å²) in [7, 11) is 0. The van der Waals surface area contributed by atoms with Crippen LogP contribution in [0.1, 0.15) is 16.1 Å². The van der Waals surface area contributed by atoms with Crippen LogP contribution < -0.4 is 4.74 Å². The van der Waals surface area contributed by atoms with E-state index < -0.39 is 5.97 Å². The van der Waals surface area contributed by atoms with Gasteiger partial charge in [0.15, 0.2) is 0 Å². The van der Waals surface area contributed by atoms with Gasteiger partial charge >= 0.3 is 5.97 Å². The Morgan fingerprint density at radius 2 is 1.30 bits per heavy atom. The predicted octanol–water partition coefficient (Wildman–Crippen LogP) is 6.73. The number of para-hydroxylation sites is 2. The molecule has 0 saturated carbocycles. The molecule has 0 aliphatic carbocycles. The molecule has 0 saturated heterocycles. The highest BCUT2D eigenvalue weighted by molar-refractivity contribution is 6.01. The molecule has 0 fully saturated rings. The van der Waals surface area contributed by atoms with Crippen molar-refractivity contribution in [1.29, 1.82) is 0 Å². The van der Waals surface area contributed by atoms with E-state index in [1.165, 1.54) is 0 Å². The van der Waals surface area contributed by atoms with Gasteiger partial charge in [-0.05, 0) is 37.3 Å². The number of rotatable bonds is 5. The minimum atomic E-state index is -0.400. The van der Waals surface area contributed by atoms with E-state index in [2.05, 4.69) is 12.1 Å². The summed E-state index contributed by atoms with van der Waals surface area (Å²) in [5, 5.41) is 4.88. The molecule has 4 heteroatoms. The van der Waals surface area contributed by atoms with Gasteiger partial charge in [0.2, 0.25) is 0 Å². The third-order valence-electron chi connectivity index (χ3n) is 5.48. The van der Waals surface area contributed by atoms with E-state index in [0.29, 0.717) is 11.3 Å². The molecule has 0 aliphatic heterocycles. The summed E-state index contributed by atoms with van der Waals surface area (Å²) >= 11 is 0. The Bertz CT molecular complexity index is 1390. The van der Waals surface area contributed by atoms with E-state index in [9.17, 15) is 4.79 Å². The van der Waals surface area contributed by atoms with Crippen LogP contribution in [0.25, 0.3) is 28.1 Å². The van der Waals surface area contributed by atoms with Crippen LogP contribution in [0.3, 0.4) is 0 Å². The zero-order valence-electron chi connectivity index (χ0n) is 18.2. The number of hydrogen-bond acceptors (Lipinski definition) is 3. The fraction of sp³-hybridized carbons (Fsp3) is 0.0345. The summed E-state index contributed by atoms with van der Waals surface area (Å²) < 4.78 is 7.62. The van der Waals surface area contributed by atoms with Crippen molar-refractivity contribution in [2.24, 2.45) is 0 Å². The van der Waals surface area contributed by atoms with Gasteiger partial charge in [-0.15, -0.1) is 0 Å². The average molecular weight is 431 g/mol. The first-order valence-corrected chi connectivity index (χ1v) is 10.8. The predicted molar refractivity (Wildman–Crippen MR) is 131 cm³/mol. The highest BCUT2D eigenvalue weighted by Gasteiger charge is 2.24. The van der Waals surface area contributed by atoms with Gasteiger partial charge in [0.05, 0.1) is 22.6 Å². The van der Waals surface area contributed by atoms with Crippen LogP contribution in [0, 0.1) is 6.92 Å². The fourth-order valence-corrected chi connectivity index (χ4v) is 4.00. The van der Waals surface area contributed by atoms with Crippen LogP contribution in [0.15, 0.2) is 115 Å². The van der Waals surface area contributed by atoms with E-state index in [1.807, 2.05) is 96.5 Å². The van der Waals surface area contributed by atoms with Gasteiger partial charge in [-0.3, -0.25) is 0 Å². The normalized spacial score (nSPS) is 10.7. The lowest BCUT2D eigenvalue weighted by Gasteiger charge is -2.13. The van der Waals surface area contributed by atoms with Gasteiger partial charge in [-0.1, -0.05) is 84.9 Å². The maximum atomic E-state index is 13.2. The van der Waals surface area contributed by atoms with Crippen LogP contribution in [0.5, 0.6) is 5.75 Å². The second-order valence-electron chi connectivity index (χ2n) is 7.67. The van der Waals surface area contributed by atoms with Crippen molar-refractivity contribution >= 4 is 5.97 Å². The average Bonchev–Trinajstić information content (AvgIpc) is 3.22. The molecule has 0 N–H and O–H groups in total. The molecular weight excluding hydrogens is 408 g/mol. The second kappa shape index (κ2) is 8.97. The number of hydrogen-bond donors (Lipinski definition) is 0. The van der Waals surface area contributed by atoms with E-state index >= 15 is 0 Å². The molecule has 0 aliphatic rings. The Hall–Kier alpha value is -4.44. The quantitative estimate of drug-likeness (QED) is 0.229. The van der Waals surface area contributed by atoms with Crippen molar-refractivity contribution in [2.75, 3.05) is 0 Å². The molecule has 33 heavy (non-hydrogen) atoms. The van der Waals surface area contributed by atoms with E-state index in [0.717, 1.165) is 33.8 Å². The number of ether oxygens (including phenoxy) is 1. The van der Waals surface area contributed by atoms with E-state index in [4.69, 9.17) is 9.84 Å².